The standard InChI is InChI=1S/CH3Cl2F2NOP2S/c1-10-8(2,3)6-9(4,5)7/h1H3. The number of hydrogen-bond donors (Lipinski definition) is 0. The molecule has 0 aliphatic rings. The first-order chi connectivity index (χ1) is 4.27. The fraction of sp³-hybridized carbons (Fsp3) is 1.00. The van der Waals surface area contributed by atoms with E-state index in [1.165, 1.54) is 6.26 Å². The first-order valence-electron chi connectivity index (χ1n) is 1.85. The summed E-state index contributed by atoms with van der Waals surface area (Å²) in [5, 5.41) is 0. The van der Waals surface area contributed by atoms with Crippen molar-refractivity contribution in [3.8, 4) is 0 Å². The molecule has 0 spiro atoms. The number of hydrogen-bond acceptors (Lipinski definition) is 2. The third-order valence-corrected chi connectivity index (χ3v) is 8.21. The zero-order valence-electron chi connectivity index (χ0n) is 4.67. The summed E-state index contributed by atoms with van der Waals surface area (Å²) in [4.78, 5) is -3.07. The van der Waals surface area contributed by atoms with Crippen molar-refractivity contribution in [2.75, 3.05) is 6.26 Å². The normalized spacial score (nSPS) is 13.3. The lowest BCUT2D eigenvalue weighted by atomic mass is 12.0. The predicted molar refractivity (Wildman–Crippen MR) is 44.4 cm³/mol. The molecule has 10 heavy (non-hydrogen) atoms. The summed E-state index contributed by atoms with van der Waals surface area (Å²) in [6.45, 7) is 0. The Morgan fingerprint density at radius 2 is 1.90 bits per heavy atom. The van der Waals surface area contributed by atoms with Crippen molar-refractivity contribution in [3.05, 3.63) is 0 Å². The smallest absolute Gasteiger partial charge is 0.224 e. The highest BCUT2D eigenvalue weighted by Gasteiger charge is 2.23. The van der Waals surface area contributed by atoms with E-state index in [2.05, 4.69) is 4.52 Å². The molecule has 0 atom stereocenters. The number of rotatable bonds is 2. The Morgan fingerprint density at radius 3 is 2.00 bits per heavy atom. The molecule has 0 unspecified atom stereocenters. The molecule has 0 aromatic heterocycles. The van der Waals surface area contributed by atoms with Crippen LogP contribution in [-0.4, -0.2) is 6.26 Å². The predicted octanol–water partition coefficient (Wildman–Crippen LogP) is 4.82. The molecule has 0 bridgehead atoms. The van der Waals surface area contributed by atoms with E-state index in [-0.39, 0.29) is 0 Å². The van der Waals surface area contributed by atoms with Gasteiger partial charge in [0.2, 0.25) is 4.96 Å². The van der Waals surface area contributed by atoms with Gasteiger partial charge >= 0.3 is 7.91 Å². The van der Waals surface area contributed by atoms with Crippen molar-refractivity contribution in [3.63, 3.8) is 0 Å². The minimum Gasteiger partial charge on any atom is -0.224 e. The highest BCUT2D eigenvalue weighted by atomic mass is 35.9. The van der Waals surface area contributed by atoms with E-state index in [9.17, 15) is 13.0 Å². The van der Waals surface area contributed by atoms with Gasteiger partial charge in [-0.1, -0.05) is 11.4 Å². The lowest BCUT2D eigenvalue weighted by Gasteiger charge is -2.01. The molecule has 0 aromatic rings. The Balaban J connectivity index is 4.61. The van der Waals surface area contributed by atoms with Gasteiger partial charge in [-0.2, -0.15) is 0 Å². The zero-order valence-corrected chi connectivity index (χ0v) is 8.79. The Morgan fingerprint density at radius 1 is 1.50 bits per heavy atom. The van der Waals surface area contributed by atoms with Gasteiger partial charge in [-0.05, 0) is 28.7 Å². The van der Waals surface area contributed by atoms with Crippen LogP contribution in [0.15, 0.2) is 4.52 Å². The Hall–Kier alpha value is 1.25. The molecule has 0 rings (SSSR count). The Bertz CT molecular complexity index is 209. The maximum Gasteiger partial charge on any atom is 0.531 e. The largest absolute Gasteiger partial charge is 0.531 e. The molecule has 0 saturated carbocycles. The van der Waals surface area contributed by atoms with Gasteiger partial charge in [-0.15, -0.1) is 12.9 Å². The summed E-state index contributed by atoms with van der Waals surface area (Å²) in [5.41, 5.74) is 0. The van der Waals surface area contributed by atoms with Gasteiger partial charge in [0.15, 0.2) is 0 Å². The first kappa shape index (κ1) is 11.2. The van der Waals surface area contributed by atoms with Gasteiger partial charge in [0.25, 0.3) is 0 Å². The molecule has 0 heterocycles. The number of nitrogens with zero attached hydrogens (tertiary/aromatic N) is 1. The Kier molecular flexibility index (Phi) is 4.24. The fourth-order valence-corrected chi connectivity index (χ4v) is 4.26. The minimum atomic E-state index is -5.41. The monoisotopic (exact) mass is 247 g/mol. The maximum atomic E-state index is 11.6. The highest BCUT2D eigenvalue weighted by Crippen LogP contribution is 2.76. The van der Waals surface area contributed by atoms with Crippen LogP contribution in [-0.2, 0) is 4.57 Å². The summed E-state index contributed by atoms with van der Waals surface area (Å²) < 4.78 is 35.5. The second-order valence-electron chi connectivity index (χ2n) is 1.14. The third kappa shape index (κ3) is 5.99. The van der Waals surface area contributed by atoms with Crippen LogP contribution in [0.2, 0.25) is 0 Å². The molecular weight excluding hydrogens is 245 g/mol. The quantitative estimate of drug-likeness (QED) is 0.655. The van der Waals surface area contributed by atoms with E-state index in [0.29, 0.717) is 0 Å². The summed E-state index contributed by atoms with van der Waals surface area (Å²) >= 11 is 11.2. The summed E-state index contributed by atoms with van der Waals surface area (Å²) in [5.74, 6) is 0. The summed E-state index contributed by atoms with van der Waals surface area (Å²) in [6.07, 6.45) is 1.42. The number of halogens is 4. The van der Waals surface area contributed by atoms with Gasteiger partial charge in [0.1, 0.15) is 0 Å². The van der Waals surface area contributed by atoms with Gasteiger partial charge in [0.05, 0.1) is 0 Å². The molecule has 0 N–H and O–H groups in total. The van der Waals surface area contributed by atoms with E-state index < -0.39 is 12.9 Å². The van der Waals surface area contributed by atoms with Gasteiger partial charge in [-0.3, -0.25) is 0 Å². The van der Waals surface area contributed by atoms with Crippen molar-refractivity contribution in [2.45, 2.75) is 0 Å². The van der Waals surface area contributed by atoms with Crippen LogP contribution in [0.4, 0.5) is 8.39 Å². The van der Waals surface area contributed by atoms with Crippen LogP contribution in [0, 0.1) is 0 Å². The molecule has 62 valence electrons. The van der Waals surface area contributed by atoms with E-state index in [0.717, 1.165) is 11.4 Å². The second kappa shape index (κ2) is 3.77. The van der Waals surface area contributed by atoms with Crippen molar-refractivity contribution < 1.29 is 13.0 Å². The van der Waals surface area contributed by atoms with E-state index in [1.807, 2.05) is 0 Å². The lowest BCUT2D eigenvalue weighted by molar-refractivity contribution is 0.497. The molecule has 0 radical (unpaired) electrons. The van der Waals surface area contributed by atoms with Gasteiger partial charge in [-0.25, -0.2) is 4.57 Å². The fourth-order valence-electron chi connectivity index (χ4n) is 0.158. The zero-order chi connectivity index (χ0) is 8.41. The molecule has 9 heteroatoms. The van der Waals surface area contributed by atoms with E-state index >= 15 is 0 Å². The van der Waals surface area contributed by atoms with Crippen LogP contribution in [0.1, 0.15) is 0 Å². The van der Waals surface area contributed by atoms with E-state index in [4.69, 9.17) is 22.5 Å². The molecule has 0 aliphatic carbocycles. The average molecular weight is 248 g/mol. The molecule has 0 aliphatic heterocycles. The van der Waals surface area contributed by atoms with Crippen LogP contribution < -0.4 is 0 Å². The molecule has 0 fully saturated rings. The first-order valence-corrected chi connectivity index (χ1v) is 8.67. The summed E-state index contributed by atoms with van der Waals surface area (Å²) in [6, 6.07) is 0. The molecule has 0 saturated heterocycles. The lowest BCUT2D eigenvalue weighted by Crippen LogP contribution is -1.51. The van der Waals surface area contributed by atoms with Gasteiger partial charge < -0.3 is 0 Å². The second-order valence-corrected chi connectivity index (χ2v) is 11.3. The van der Waals surface area contributed by atoms with E-state index in [1.54, 1.807) is 0 Å². The topological polar surface area (TPSA) is 29.4 Å². The van der Waals surface area contributed by atoms with Crippen LogP contribution in [0.25, 0.3) is 0 Å². The van der Waals surface area contributed by atoms with Crippen LogP contribution >= 0.6 is 46.7 Å². The van der Waals surface area contributed by atoms with Crippen LogP contribution in [0.3, 0.4) is 0 Å². The van der Waals surface area contributed by atoms with Crippen molar-refractivity contribution in [1.29, 1.82) is 0 Å². The molecule has 0 amide bonds. The molecule has 0 aromatic carbocycles. The maximum absolute atomic E-state index is 11.6. The minimum absolute atomic E-state index is 0.777. The van der Waals surface area contributed by atoms with Crippen molar-refractivity contribution in [1.82, 2.24) is 0 Å². The van der Waals surface area contributed by atoms with Gasteiger partial charge in [0, 0.05) is 0 Å². The van der Waals surface area contributed by atoms with Crippen molar-refractivity contribution in [2.24, 2.45) is 4.52 Å². The summed E-state index contributed by atoms with van der Waals surface area (Å²) in [7, 11) is -5.41. The third-order valence-electron chi connectivity index (χ3n) is 0.428. The van der Waals surface area contributed by atoms with Crippen molar-refractivity contribution >= 4 is 46.7 Å². The molecular formula is CH3Cl2F2NOP2S. The Labute approximate surface area is 70.7 Å². The highest BCUT2D eigenvalue weighted by molar-refractivity contribution is 8.73. The average Bonchev–Trinajstić information content (AvgIpc) is 1.60. The molecule has 2 nitrogen and oxygen atoms in total. The SMILES string of the molecule is CSP(Cl)(Cl)=NP(=O)(F)F. The van der Waals surface area contributed by atoms with Crippen LogP contribution in [0.5, 0.6) is 0 Å².